The molecule has 17 heavy (non-hydrogen) atoms. The number of anilines is 2. The molecule has 1 fully saturated rings. The molecular formula is C13H17N3O. The Hall–Kier alpha value is -1.71. The van der Waals surface area contributed by atoms with E-state index < -0.39 is 0 Å². The fourth-order valence-corrected chi connectivity index (χ4v) is 2.92. The Kier molecular flexibility index (Phi) is 2.24. The summed E-state index contributed by atoms with van der Waals surface area (Å²) in [5, 5.41) is 0. The second-order valence-electron chi connectivity index (χ2n) is 4.86. The zero-order chi connectivity index (χ0) is 12.0. The first-order valence-electron chi connectivity index (χ1n) is 6.07. The van der Waals surface area contributed by atoms with Crippen molar-refractivity contribution in [2.45, 2.75) is 18.9 Å². The number of nitrogens with two attached hydrogens (primary N) is 1. The van der Waals surface area contributed by atoms with Gasteiger partial charge in [0.2, 0.25) is 5.91 Å². The first-order chi connectivity index (χ1) is 8.18. The summed E-state index contributed by atoms with van der Waals surface area (Å²) in [7, 11) is 1.87. The highest BCUT2D eigenvalue weighted by molar-refractivity contribution is 5.89. The minimum atomic E-state index is -0.00838. The number of benzene rings is 1. The van der Waals surface area contributed by atoms with Crippen LogP contribution < -0.4 is 10.6 Å². The minimum absolute atomic E-state index is 0.00838. The summed E-state index contributed by atoms with van der Waals surface area (Å²) in [6.45, 7) is 1.76. The van der Waals surface area contributed by atoms with Gasteiger partial charge in [-0.05, 0) is 24.5 Å². The van der Waals surface area contributed by atoms with Gasteiger partial charge in [-0.25, -0.2) is 0 Å². The maximum Gasteiger partial charge on any atom is 0.245 e. The van der Waals surface area contributed by atoms with Gasteiger partial charge in [0.05, 0.1) is 11.4 Å². The predicted molar refractivity (Wildman–Crippen MR) is 67.9 cm³/mol. The highest BCUT2D eigenvalue weighted by Gasteiger charge is 2.37. The Labute approximate surface area is 101 Å². The highest BCUT2D eigenvalue weighted by atomic mass is 16.2. The second-order valence-corrected chi connectivity index (χ2v) is 4.86. The fraction of sp³-hybridized carbons (Fsp3) is 0.462. The number of carbonyl (C=O) groups is 1. The van der Waals surface area contributed by atoms with Crippen LogP contribution in [0.3, 0.4) is 0 Å². The van der Waals surface area contributed by atoms with E-state index in [9.17, 15) is 4.79 Å². The normalized spacial score (nSPS) is 23.4. The summed E-state index contributed by atoms with van der Waals surface area (Å²) in [5.74, 6) is 0.223. The van der Waals surface area contributed by atoms with Crippen LogP contribution in [0.1, 0.15) is 12.0 Å². The molecule has 0 aromatic heterocycles. The van der Waals surface area contributed by atoms with Crippen molar-refractivity contribution in [3.8, 4) is 0 Å². The molecule has 90 valence electrons. The van der Waals surface area contributed by atoms with Crippen molar-refractivity contribution in [2.24, 2.45) is 0 Å². The van der Waals surface area contributed by atoms with E-state index in [1.807, 2.05) is 24.1 Å². The molecule has 1 aromatic rings. The zero-order valence-electron chi connectivity index (χ0n) is 10.0. The number of rotatable bonds is 1. The molecule has 1 amide bonds. The Morgan fingerprint density at radius 2 is 2.18 bits per heavy atom. The Balaban J connectivity index is 1.96. The molecule has 4 nitrogen and oxygen atoms in total. The van der Waals surface area contributed by atoms with Gasteiger partial charge < -0.3 is 15.5 Å². The molecule has 0 spiro atoms. The molecule has 2 aliphatic rings. The topological polar surface area (TPSA) is 49.6 Å². The van der Waals surface area contributed by atoms with E-state index in [4.69, 9.17) is 5.73 Å². The van der Waals surface area contributed by atoms with E-state index in [-0.39, 0.29) is 11.9 Å². The maximum atomic E-state index is 12.1. The first-order valence-corrected chi connectivity index (χ1v) is 6.07. The predicted octanol–water partition coefficient (Wildman–Crippen LogP) is 0.862. The van der Waals surface area contributed by atoms with E-state index >= 15 is 0 Å². The van der Waals surface area contributed by atoms with Crippen LogP contribution in [-0.2, 0) is 11.2 Å². The molecule has 0 bridgehead atoms. The summed E-state index contributed by atoms with van der Waals surface area (Å²) in [6, 6.07) is 6.00. The standard InChI is InChI=1S/C13H17N3O/c1-15-7-6-11(13(15)17)16-8-5-9-3-2-4-10(14)12(9)16/h2-4,11H,5-8,14H2,1H3. The lowest BCUT2D eigenvalue weighted by molar-refractivity contribution is -0.127. The molecular weight excluding hydrogens is 214 g/mol. The number of para-hydroxylation sites is 1. The summed E-state index contributed by atoms with van der Waals surface area (Å²) in [4.78, 5) is 16.1. The molecule has 2 N–H and O–H groups in total. The van der Waals surface area contributed by atoms with Crippen molar-refractivity contribution in [3.63, 3.8) is 0 Å². The van der Waals surface area contributed by atoms with Gasteiger partial charge in [0.1, 0.15) is 6.04 Å². The number of hydrogen-bond donors (Lipinski definition) is 1. The summed E-state index contributed by atoms with van der Waals surface area (Å²) < 4.78 is 0. The summed E-state index contributed by atoms with van der Waals surface area (Å²) in [6.07, 6.45) is 1.90. The number of fused-ring (bicyclic) bond motifs is 1. The number of amides is 1. The van der Waals surface area contributed by atoms with E-state index in [1.165, 1.54) is 5.56 Å². The molecule has 1 saturated heterocycles. The molecule has 1 aromatic carbocycles. The largest absolute Gasteiger partial charge is 0.397 e. The number of likely N-dealkylation sites (tertiary alicyclic amines) is 1. The van der Waals surface area contributed by atoms with Gasteiger partial charge in [-0.2, -0.15) is 0 Å². The van der Waals surface area contributed by atoms with Crippen molar-refractivity contribution in [1.29, 1.82) is 0 Å². The van der Waals surface area contributed by atoms with E-state index in [0.717, 1.165) is 37.3 Å². The zero-order valence-corrected chi connectivity index (χ0v) is 10.0. The van der Waals surface area contributed by atoms with E-state index in [1.54, 1.807) is 0 Å². The fourth-order valence-electron chi connectivity index (χ4n) is 2.92. The molecule has 0 saturated carbocycles. The molecule has 3 rings (SSSR count). The molecule has 1 unspecified atom stereocenters. The lowest BCUT2D eigenvalue weighted by atomic mass is 10.1. The maximum absolute atomic E-state index is 12.1. The summed E-state index contributed by atoms with van der Waals surface area (Å²) >= 11 is 0. The van der Waals surface area contributed by atoms with Crippen LogP contribution in [0, 0.1) is 0 Å². The molecule has 2 aliphatic heterocycles. The van der Waals surface area contributed by atoms with E-state index in [0.29, 0.717) is 0 Å². The second kappa shape index (κ2) is 3.65. The number of carbonyl (C=O) groups excluding carboxylic acids is 1. The first kappa shape index (κ1) is 10.4. The van der Waals surface area contributed by atoms with Gasteiger partial charge in [-0.15, -0.1) is 0 Å². The summed E-state index contributed by atoms with van der Waals surface area (Å²) in [5.41, 5.74) is 9.19. The Morgan fingerprint density at radius 1 is 1.35 bits per heavy atom. The Morgan fingerprint density at radius 3 is 2.88 bits per heavy atom. The van der Waals surface area contributed by atoms with E-state index in [2.05, 4.69) is 11.0 Å². The van der Waals surface area contributed by atoms with Crippen LogP contribution in [0.5, 0.6) is 0 Å². The lowest BCUT2D eigenvalue weighted by Crippen LogP contribution is -2.40. The van der Waals surface area contributed by atoms with Gasteiger partial charge in [0.25, 0.3) is 0 Å². The number of hydrogen-bond acceptors (Lipinski definition) is 3. The molecule has 0 radical (unpaired) electrons. The van der Waals surface area contributed by atoms with Crippen LogP contribution >= 0.6 is 0 Å². The van der Waals surface area contributed by atoms with Crippen molar-refractivity contribution in [3.05, 3.63) is 23.8 Å². The third-order valence-electron chi connectivity index (χ3n) is 3.84. The average Bonchev–Trinajstić information content (AvgIpc) is 2.86. The van der Waals surface area contributed by atoms with Crippen LogP contribution in [0.15, 0.2) is 18.2 Å². The lowest BCUT2D eigenvalue weighted by Gasteiger charge is -2.26. The molecule has 4 heteroatoms. The van der Waals surface area contributed by atoms with Crippen LogP contribution in [0.2, 0.25) is 0 Å². The number of likely N-dealkylation sites (N-methyl/N-ethyl adjacent to an activating group) is 1. The van der Waals surface area contributed by atoms with Gasteiger partial charge in [0, 0.05) is 20.1 Å². The number of nitrogens with zero attached hydrogens (tertiary/aromatic N) is 2. The smallest absolute Gasteiger partial charge is 0.245 e. The van der Waals surface area contributed by atoms with Gasteiger partial charge in [0.15, 0.2) is 0 Å². The quantitative estimate of drug-likeness (QED) is 0.729. The third-order valence-corrected chi connectivity index (χ3v) is 3.84. The van der Waals surface area contributed by atoms with Crippen molar-refractivity contribution in [2.75, 3.05) is 30.8 Å². The average molecular weight is 231 g/mol. The van der Waals surface area contributed by atoms with Crippen LogP contribution in [-0.4, -0.2) is 37.0 Å². The van der Waals surface area contributed by atoms with Crippen LogP contribution in [0.4, 0.5) is 11.4 Å². The minimum Gasteiger partial charge on any atom is -0.397 e. The SMILES string of the molecule is CN1CCC(N2CCc3cccc(N)c32)C1=O. The number of nitrogen functional groups attached to an aromatic ring is 1. The van der Waals surface area contributed by atoms with Gasteiger partial charge in [-0.1, -0.05) is 12.1 Å². The third kappa shape index (κ3) is 1.47. The van der Waals surface area contributed by atoms with Crippen molar-refractivity contribution in [1.82, 2.24) is 4.90 Å². The molecule has 2 heterocycles. The molecule has 0 aliphatic carbocycles. The molecule has 1 atom stereocenters. The van der Waals surface area contributed by atoms with Crippen LogP contribution in [0.25, 0.3) is 0 Å². The van der Waals surface area contributed by atoms with Gasteiger partial charge >= 0.3 is 0 Å². The van der Waals surface area contributed by atoms with Crippen molar-refractivity contribution >= 4 is 17.3 Å². The van der Waals surface area contributed by atoms with Crippen molar-refractivity contribution < 1.29 is 4.79 Å². The van der Waals surface area contributed by atoms with Gasteiger partial charge in [-0.3, -0.25) is 4.79 Å². The Bertz CT molecular complexity index is 472. The highest BCUT2D eigenvalue weighted by Crippen LogP contribution is 2.36. The monoisotopic (exact) mass is 231 g/mol.